The lowest BCUT2D eigenvalue weighted by molar-refractivity contribution is -0.110. The molecule has 1 aromatic carbocycles. The van der Waals surface area contributed by atoms with E-state index in [0.29, 0.717) is 6.04 Å². The second kappa shape index (κ2) is 11.9. The van der Waals surface area contributed by atoms with Gasteiger partial charge in [0.2, 0.25) is 0 Å². The normalized spacial score (nSPS) is 23.1. The molecule has 0 saturated carbocycles. The van der Waals surface area contributed by atoms with E-state index in [1.165, 1.54) is 11.1 Å². The Bertz CT molecular complexity index is 632. The summed E-state index contributed by atoms with van der Waals surface area (Å²) in [5.41, 5.74) is 3.38. The molecule has 1 fully saturated rings. The van der Waals surface area contributed by atoms with Crippen molar-refractivity contribution in [3.63, 3.8) is 0 Å². The first kappa shape index (κ1) is 26.2. The Hall–Kier alpha value is -1.82. The quantitative estimate of drug-likeness (QED) is 0.608. The fourth-order valence-electron chi connectivity index (χ4n) is 3.12. The first-order chi connectivity index (χ1) is 13.1. The van der Waals surface area contributed by atoms with E-state index in [2.05, 4.69) is 55.3 Å². The molecule has 2 atom stereocenters. The minimum Gasteiger partial charge on any atom is -0.342 e. The van der Waals surface area contributed by atoms with Crippen LogP contribution < -0.4 is 10.6 Å². The lowest BCUT2D eigenvalue weighted by atomic mass is 9.83. The van der Waals surface area contributed by atoms with Crippen LogP contribution in [0, 0.1) is 6.92 Å². The predicted molar refractivity (Wildman–Crippen MR) is 114 cm³/mol. The lowest BCUT2D eigenvalue weighted by Crippen LogP contribution is -2.46. The fraction of sp³-hybridized carbons (Fsp3) is 0.591. The predicted octanol–water partition coefficient (Wildman–Crippen LogP) is 5.99. The largest absolute Gasteiger partial charge is 0.386 e. The van der Waals surface area contributed by atoms with Gasteiger partial charge in [0.05, 0.1) is 0 Å². The highest BCUT2D eigenvalue weighted by Gasteiger charge is 2.41. The molecule has 28 heavy (non-hydrogen) atoms. The summed E-state index contributed by atoms with van der Waals surface area (Å²) in [4.78, 5) is 5.01. The second-order valence-electron chi connectivity index (χ2n) is 6.50. The van der Waals surface area contributed by atoms with Crippen LogP contribution in [-0.2, 0) is 0 Å². The van der Waals surface area contributed by atoms with Gasteiger partial charge < -0.3 is 10.6 Å². The number of piperidine rings is 1. The Kier molecular flexibility index (Phi) is 11.1. The molecule has 1 aromatic rings. The number of aryl methyl sites for hydroxylation is 1. The topological polar surface area (TPSA) is 36.4 Å². The highest BCUT2D eigenvalue weighted by atomic mass is 19.4. The Labute approximate surface area is 168 Å². The second-order valence-corrected chi connectivity index (χ2v) is 6.50. The van der Waals surface area contributed by atoms with E-state index in [1.807, 2.05) is 27.7 Å². The van der Waals surface area contributed by atoms with Crippen molar-refractivity contribution in [2.24, 2.45) is 4.99 Å². The molecule has 0 bridgehead atoms. The molecule has 2 heterocycles. The van der Waals surface area contributed by atoms with Crippen molar-refractivity contribution in [1.82, 2.24) is 10.6 Å². The van der Waals surface area contributed by atoms with E-state index in [9.17, 15) is 13.2 Å². The number of nitrogens with zero attached hydrogens (tertiary/aromatic N) is 1. The first-order valence-corrected chi connectivity index (χ1v) is 10.0. The maximum Gasteiger partial charge on any atom is 0.386 e. The van der Waals surface area contributed by atoms with Gasteiger partial charge in [0, 0.05) is 24.2 Å². The molecule has 0 aliphatic carbocycles. The molecule has 2 aliphatic heterocycles. The number of amidine groups is 1. The Balaban J connectivity index is 0.000000698. The molecular formula is C22H36F3N3. The minimum absolute atomic E-state index is 0.109. The van der Waals surface area contributed by atoms with Gasteiger partial charge >= 0.3 is 6.18 Å². The summed E-state index contributed by atoms with van der Waals surface area (Å²) < 4.78 is 31.1. The van der Waals surface area contributed by atoms with Gasteiger partial charge in [-0.2, -0.15) is 13.2 Å². The number of benzene rings is 1. The Morgan fingerprint density at radius 1 is 1.14 bits per heavy atom. The van der Waals surface area contributed by atoms with Crippen LogP contribution in [-0.4, -0.2) is 30.1 Å². The molecule has 1 spiro atoms. The third kappa shape index (κ3) is 8.05. The third-order valence-electron chi connectivity index (χ3n) is 4.23. The average molecular weight is 400 g/mol. The summed E-state index contributed by atoms with van der Waals surface area (Å²) in [7, 11) is 0. The summed E-state index contributed by atoms with van der Waals surface area (Å²) in [5.74, 6) is 0.984. The molecule has 0 amide bonds. The molecule has 3 rings (SSSR count). The maximum absolute atomic E-state index is 10.4. The summed E-state index contributed by atoms with van der Waals surface area (Å²) in [5, 5.41) is 6.90. The smallest absolute Gasteiger partial charge is 0.342 e. The van der Waals surface area contributed by atoms with Gasteiger partial charge in [0.15, 0.2) is 0 Å². The van der Waals surface area contributed by atoms with Crippen molar-refractivity contribution in [1.29, 1.82) is 0 Å². The summed E-state index contributed by atoms with van der Waals surface area (Å²) in [6, 6.07) is 8.86. The first-order valence-electron chi connectivity index (χ1n) is 10.0. The van der Waals surface area contributed by atoms with E-state index in [4.69, 9.17) is 4.99 Å². The third-order valence-corrected chi connectivity index (χ3v) is 4.23. The van der Waals surface area contributed by atoms with E-state index in [0.717, 1.165) is 30.9 Å². The monoisotopic (exact) mass is 399 g/mol. The van der Waals surface area contributed by atoms with Crippen LogP contribution in [0.15, 0.2) is 41.5 Å². The molecule has 0 aromatic heterocycles. The highest BCUT2D eigenvalue weighted by molar-refractivity contribution is 6.03. The van der Waals surface area contributed by atoms with E-state index >= 15 is 0 Å². The Morgan fingerprint density at radius 3 is 2.18 bits per heavy atom. The van der Waals surface area contributed by atoms with Gasteiger partial charge in [0.1, 0.15) is 11.4 Å². The number of hydrogen-bond acceptors (Lipinski definition) is 3. The van der Waals surface area contributed by atoms with Crippen molar-refractivity contribution in [3.05, 3.63) is 47.7 Å². The molecular weight excluding hydrogens is 363 g/mol. The number of alkyl halides is 3. The number of aliphatic imine (C=N–C) groups is 1. The summed E-state index contributed by atoms with van der Waals surface area (Å²) >= 11 is 0. The van der Waals surface area contributed by atoms with Gasteiger partial charge in [-0.05, 0) is 38.8 Å². The number of rotatable bonds is 1. The van der Waals surface area contributed by atoms with E-state index in [-0.39, 0.29) is 12.5 Å². The number of halogens is 3. The van der Waals surface area contributed by atoms with Crippen molar-refractivity contribution in [3.8, 4) is 0 Å². The standard InChI is InChI=1S/C16H21N3.C2H3F3.2C2H6/c1-11-6-4-5-7-14(11)15-18-13(3)16(19-15)8-9-17-12(2)10-16;1-2(3,4)5;2*1-2/h4-7,12,17H,3,8-10H2,1-2H3,(H,18,19);1H3;2*1-2H3. The fourth-order valence-corrected chi connectivity index (χ4v) is 3.12. The average Bonchev–Trinajstić information content (AvgIpc) is 2.93. The molecule has 6 heteroatoms. The van der Waals surface area contributed by atoms with Crippen LogP contribution in [0.4, 0.5) is 13.2 Å². The lowest BCUT2D eigenvalue weighted by Gasteiger charge is -2.35. The zero-order valence-electron chi connectivity index (χ0n) is 18.3. The van der Waals surface area contributed by atoms with Crippen molar-refractivity contribution < 1.29 is 13.2 Å². The number of hydrogen-bond donors (Lipinski definition) is 2. The van der Waals surface area contributed by atoms with Crippen LogP contribution in [0.3, 0.4) is 0 Å². The van der Waals surface area contributed by atoms with Gasteiger partial charge in [-0.3, -0.25) is 4.99 Å². The SMILES string of the molecule is C=C1NC(c2ccccc2C)=NC12CCNC(C)C2.CC.CC.CC(F)(F)F. The molecule has 2 unspecified atom stereocenters. The van der Waals surface area contributed by atoms with Gasteiger partial charge in [0.25, 0.3) is 0 Å². The van der Waals surface area contributed by atoms with Gasteiger partial charge in [-0.1, -0.05) is 58.5 Å². The summed E-state index contributed by atoms with van der Waals surface area (Å²) in [6.45, 7) is 17.8. The van der Waals surface area contributed by atoms with Gasteiger partial charge in [-0.15, -0.1) is 0 Å². The molecule has 1 saturated heterocycles. The van der Waals surface area contributed by atoms with Crippen molar-refractivity contribution in [2.75, 3.05) is 6.54 Å². The molecule has 3 nitrogen and oxygen atoms in total. The highest BCUT2D eigenvalue weighted by Crippen LogP contribution is 2.36. The van der Waals surface area contributed by atoms with Crippen molar-refractivity contribution >= 4 is 5.84 Å². The zero-order valence-corrected chi connectivity index (χ0v) is 18.3. The van der Waals surface area contributed by atoms with Crippen LogP contribution in [0.5, 0.6) is 0 Å². The van der Waals surface area contributed by atoms with Crippen LogP contribution in [0.25, 0.3) is 0 Å². The molecule has 0 radical (unpaired) electrons. The number of nitrogens with one attached hydrogen (secondary N) is 2. The zero-order chi connectivity index (χ0) is 22.0. The van der Waals surface area contributed by atoms with E-state index < -0.39 is 6.18 Å². The van der Waals surface area contributed by atoms with Crippen LogP contribution >= 0.6 is 0 Å². The summed E-state index contributed by atoms with van der Waals surface area (Å²) in [6.07, 6.45) is -1.95. The van der Waals surface area contributed by atoms with Crippen molar-refractivity contribution in [2.45, 2.75) is 79.1 Å². The van der Waals surface area contributed by atoms with Crippen LogP contribution in [0.1, 0.15) is 65.5 Å². The molecule has 2 aliphatic rings. The van der Waals surface area contributed by atoms with Crippen LogP contribution in [0.2, 0.25) is 0 Å². The molecule has 2 N–H and O–H groups in total. The van der Waals surface area contributed by atoms with Gasteiger partial charge in [-0.25, -0.2) is 0 Å². The van der Waals surface area contributed by atoms with E-state index in [1.54, 1.807) is 0 Å². The Morgan fingerprint density at radius 2 is 1.68 bits per heavy atom. The minimum atomic E-state index is -4.00. The molecule has 160 valence electrons. The maximum atomic E-state index is 10.4.